The number of hydrogen-bond donors (Lipinski definition) is 2. The molecule has 2 rings (SSSR count). The fraction of sp³-hybridized carbons (Fsp3) is 0.824. The monoisotopic (exact) mass is 337 g/mol. The van der Waals surface area contributed by atoms with Crippen molar-refractivity contribution in [3.63, 3.8) is 0 Å². The number of hydrogen-bond acceptors (Lipinski definition) is 5. The van der Waals surface area contributed by atoms with Crippen molar-refractivity contribution in [2.75, 3.05) is 13.7 Å². The molecule has 136 valence electrons. The van der Waals surface area contributed by atoms with Gasteiger partial charge in [0.05, 0.1) is 6.54 Å². The Hall–Kier alpha value is -1.63. The minimum Gasteiger partial charge on any atom is -0.371 e. The van der Waals surface area contributed by atoms with E-state index >= 15 is 0 Å². The van der Waals surface area contributed by atoms with E-state index in [4.69, 9.17) is 9.26 Å². The van der Waals surface area contributed by atoms with Crippen LogP contribution in [0.5, 0.6) is 0 Å². The molecule has 1 aliphatic carbocycles. The molecule has 1 saturated carbocycles. The lowest BCUT2D eigenvalue weighted by atomic mass is 9.80. The second-order valence-electron chi connectivity index (χ2n) is 6.83. The molecule has 0 bridgehead atoms. The Morgan fingerprint density at radius 3 is 2.67 bits per heavy atom. The molecule has 0 amide bonds. The maximum Gasteiger partial charge on any atom is 0.246 e. The Kier molecular flexibility index (Phi) is 7.02. The van der Waals surface area contributed by atoms with Gasteiger partial charge in [-0.2, -0.15) is 4.98 Å². The van der Waals surface area contributed by atoms with Gasteiger partial charge in [-0.05, 0) is 44.9 Å². The van der Waals surface area contributed by atoms with Gasteiger partial charge in [0.2, 0.25) is 5.89 Å². The molecule has 24 heavy (non-hydrogen) atoms. The smallest absolute Gasteiger partial charge is 0.246 e. The summed E-state index contributed by atoms with van der Waals surface area (Å²) in [5.41, 5.74) is 0. The van der Waals surface area contributed by atoms with Crippen molar-refractivity contribution in [3.05, 3.63) is 11.7 Å². The zero-order valence-corrected chi connectivity index (χ0v) is 15.5. The summed E-state index contributed by atoms with van der Waals surface area (Å²) in [6.45, 7) is 9.57. The molecule has 3 atom stereocenters. The summed E-state index contributed by atoms with van der Waals surface area (Å²) in [5, 5.41) is 10.7. The predicted molar refractivity (Wildman–Crippen MR) is 93.6 cm³/mol. The van der Waals surface area contributed by atoms with E-state index in [1.54, 1.807) is 7.05 Å². The maximum absolute atomic E-state index is 5.47. The van der Waals surface area contributed by atoms with Crippen LogP contribution in [0.1, 0.15) is 64.8 Å². The van der Waals surface area contributed by atoms with Crippen LogP contribution >= 0.6 is 0 Å². The molecule has 0 radical (unpaired) electrons. The third-order valence-electron chi connectivity index (χ3n) is 4.41. The fourth-order valence-electron chi connectivity index (χ4n) is 3.44. The van der Waals surface area contributed by atoms with Gasteiger partial charge in [0.25, 0.3) is 0 Å². The molecule has 1 fully saturated rings. The Morgan fingerprint density at radius 2 is 2.04 bits per heavy atom. The number of rotatable bonds is 6. The number of aliphatic imine (C=N–C) groups is 1. The van der Waals surface area contributed by atoms with Crippen LogP contribution in [0.3, 0.4) is 0 Å². The van der Waals surface area contributed by atoms with Crippen molar-refractivity contribution in [1.82, 2.24) is 20.8 Å². The van der Waals surface area contributed by atoms with Gasteiger partial charge >= 0.3 is 0 Å². The van der Waals surface area contributed by atoms with E-state index in [0.29, 0.717) is 30.9 Å². The van der Waals surface area contributed by atoms with Crippen LogP contribution in [-0.2, 0) is 11.3 Å². The van der Waals surface area contributed by atoms with Gasteiger partial charge < -0.3 is 19.9 Å². The summed E-state index contributed by atoms with van der Waals surface area (Å²) >= 11 is 0. The van der Waals surface area contributed by atoms with Crippen LogP contribution in [0.15, 0.2) is 9.52 Å². The Balaban J connectivity index is 1.83. The van der Waals surface area contributed by atoms with E-state index in [1.165, 1.54) is 19.3 Å². The lowest BCUT2D eigenvalue weighted by Crippen LogP contribution is -2.46. The van der Waals surface area contributed by atoms with Crippen molar-refractivity contribution in [2.24, 2.45) is 16.8 Å². The summed E-state index contributed by atoms with van der Waals surface area (Å²) in [6, 6.07) is 0.464. The molecule has 7 heteroatoms. The van der Waals surface area contributed by atoms with E-state index < -0.39 is 0 Å². The molecule has 0 aromatic carbocycles. The molecule has 0 spiro atoms. The topological polar surface area (TPSA) is 84.6 Å². The summed E-state index contributed by atoms with van der Waals surface area (Å²) < 4.78 is 10.7. The minimum atomic E-state index is -0.157. The number of ether oxygens (including phenoxy) is 1. The lowest BCUT2D eigenvalue weighted by Gasteiger charge is -2.32. The first kappa shape index (κ1) is 18.7. The second-order valence-corrected chi connectivity index (χ2v) is 6.83. The van der Waals surface area contributed by atoms with Crippen molar-refractivity contribution in [3.8, 4) is 0 Å². The van der Waals surface area contributed by atoms with E-state index in [0.717, 1.165) is 17.8 Å². The van der Waals surface area contributed by atoms with Crippen molar-refractivity contribution in [1.29, 1.82) is 0 Å². The van der Waals surface area contributed by atoms with Gasteiger partial charge in [0, 0.05) is 19.7 Å². The zero-order chi connectivity index (χ0) is 17.5. The highest BCUT2D eigenvalue weighted by molar-refractivity contribution is 5.79. The second kappa shape index (κ2) is 9.01. The van der Waals surface area contributed by atoms with Gasteiger partial charge in [-0.3, -0.25) is 4.99 Å². The number of aromatic nitrogens is 2. The predicted octanol–water partition coefficient (Wildman–Crippen LogP) is 2.66. The third kappa shape index (κ3) is 5.47. The third-order valence-corrected chi connectivity index (χ3v) is 4.41. The van der Waals surface area contributed by atoms with E-state index in [1.807, 2.05) is 13.8 Å². The van der Waals surface area contributed by atoms with Crippen LogP contribution < -0.4 is 10.6 Å². The summed E-state index contributed by atoms with van der Waals surface area (Å²) in [7, 11) is 1.78. The minimum absolute atomic E-state index is 0.157. The largest absolute Gasteiger partial charge is 0.371 e. The average molecular weight is 337 g/mol. The van der Waals surface area contributed by atoms with Crippen LogP contribution in [0, 0.1) is 11.8 Å². The SMILES string of the molecule is CCOC(C)c1noc(CNC(=NC)NC2CC(C)CC(C)C2)n1. The first-order valence-corrected chi connectivity index (χ1v) is 8.93. The van der Waals surface area contributed by atoms with Gasteiger partial charge in [-0.1, -0.05) is 19.0 Å². The van der Waals surface area contributed by atoms with E-state index in [-0.39, 0.29) is 6.10 Å². The number of guanidine groups is 1. The van der Waals surface area contributed by atoms with Crippen molar-refractivity contribution >= 4 is 5.96 Å². The lowest BCUT2D eigenvalue weighted by molar-refractivity contribution is 0.0683. The molecular formula is C17H31N5O2. The molecule has 0 aliphatic heterocycles. The Bertz CT molecular complexity index is 521. The first-order valence-electron chi connectivity index (χ1n) is 8.93. The number of nitrogens with one attached hydrogen (secondary N) is 2. The van der Waals surface area contributed by atoms with Crippen LogP contribution in [0.25, 0.3) is 0 Å². The molecule has 1 aromatic heterocycles. The standard InChI is InChI=1S/C17H31N5O2/c1-6-23-13(4)16-21-15(24-22-16)10-19-17(18-5)20-14-8-11(2)7-12(3)9-14/h11-14H,6-10H2,1-5H3,(H2,18,19,20). The van der Waals surface area contributed by atoms with Crippen LogP contribution in [0.2, 0.25) is 0 Å². The molecular weight excluding hydrogens is 306 g/mol. The highest BCUT2D eigenvalue weighted by Gasteiger charge is 2.24. The van der Waals surface area contributed by atoms with Crippen LogP contribution in [0.4, 0.5) is 0 Å². The molecule has 1 aromatic rings. The summed E-state index contributed by atoms with van der Waals surface area (Å²) in [6.07, 6.45) is 3.52. The van der Waals surface area contributed by atoms with Gasteiger partial charge in [0.15, 0.2) is 11.8 Å². The normalized spacial score (nSPS) is 26.2. The fourth-order valence-corrected chi connectivity index (χ4v) is 3.44. The van der Waals surface area contributed by atoms with Gasteiger partial charge in [0.1, 0.15) is 6.10 Å². The Morgan fingerprint density at radius 1 is 1.33 bits per heavy atom. The highest BCUT2D eigenvalue weighted by Crippen LogP contribution is 2.28. The van der Waals surface area contributed by atoms with Crippen molar-refractivity contribution < 1.29 is 9.26 Å². The number of nitrogens with zero attached hydrogens (tertiary/aromatic N) is 3. The molecule has 0 saturated heterocycles. The molecule has 1 aliphatic rings. The van der Waals surface area contributed by atoms with Crippen molar-refractivity contribution in [2.45, 2.75) is 65.6 Å². The van der Waals surface area contributed by atoms with E-state index in [9.17, 15) is 0 Å². The maximum atomic E-state index is 5.47. The quantitative estimate of drug-likeness (QED) is 0.613. The van der Waals surface area contributed by atoms with Gasteiger partial charge in [-0.25, -0.2) is 0 Å². The zero-order valence-electron chi connectivity index (χ0n) is 15.5. The van der Waals surface area contributed by atoms with Gasteiger partial charge in [-0.15, -0.1) is 0 Å². The molecule has 7 nitrogen and oxygen atoms in total. The van der Waals surface area contributed by atoms with Crippen LogP contribution in [-0.4, -0.2) is 35.8 Å². The van der Waals surface area contributed by atoms with E-state index in [2.05, 4.69) is 39.6 Å². The highest BCUT2D eigenvalue weighted by atomic mass is 16.5. The Labute approximate surface area is 144 Å². The molecule has 2 N–H and O–H groups in total. The summed E-state index contributed by atoms with van der Waals surface area (Å²) in [4.78, 5) is 8.66. The molecule has 1 heterocycles. The molecule has 3 unspecified atom stereocenters. The average Bonchev–Trinajstić information content (AvgIpc) is 2.99. The first-order chi connectivity index (χ1) is 11.5. The summed E-state index contributed by atoms with van der Waals surface area (Å²) in [5.74, 6) is 3.39.